The third kappa shape index (κ3) is 5.94. The van der Waals surface area contributed by atoms with Crippen LogP contribution in [-0.2, 0) is 11.3 Å². The van der Waals surface area contributed by atoms with Crippen molar-refractivity contribution in [1.29, 1.82) is 0 Å². The van der Waals surface area contributed by atoms with Crippen molar-refractivity contribution in [3.05, 3.63) is 63.6 Å². The molecule has 1 fully saturated rings. The Morgan fingerprint density at radius 1 is 1.12 bits per heavy atom. The van der Waals surface area contributed by atoms with E-state index < -0.39 is 11.5 Å². The number of likely N-dealkylation sites (tertiary alicyclic amines) is 1. The normalized spacial score (nSPS) is 17.2. The number of hydrogen-bond acceptors (Lipinski definition) is 3. The number of hydrogen-bond donors (Lipinski definition) is 3. The van der Waals surface area contributed by atoms with Crippen LogP contribution in [0.5, 0.6) is 0 Å². The maximum Gasteiger partial charge on any atom is 0.322 e. The minimum atomic E-state index is -0.855. The monoisotopic (exact) mass is 477 g/mol. The van der Waals surface area contributed by atoms with Gasteiger partial charge in [-0.05, 0) is 48.2 Å². The van der Waals surface area contributed by atoms with E-state index in [4.69, 9.17) is 23.2 Å². The summed E-state index contributed by atoms with van der Waals surface area (Å²) in [5.41, 5.74) is 1.78. The van der Waals surface area contributed by atoms with Crippen LogP contribution < -0.4 is 10.6 Å². The maximum absolute atomic E-state index is 12.9. The average Bonchev–Trinajstić information content (AvgIpc) is 3.24. The molecule has 0 unspecified atom stereocenters. The highest BCUT2D eigenvalue weighted by atomic mass is 35.5. The number of aliphatic hydroxyl groups is 1. The first-order valence-electron chi connectivity index (χ1n) is 10.6. The number of aliphatic hydroxyl groups excluding tert-OH is 1. The van der Waals surface area contributed by atoms with Gasteiger partial charge >= 0.3 is 6.03 Å². The van der Waals surface area contributed by atoms with Crippen molar-refractivity contribution in [1.82, 2.24) is 10.2 Å². The number of carbonyl (C=O) groups is 2. The fourth-order valence-corrected chi connectivity index (χ4v) is 3.95. The second kappa shape index (κ2) is 10.1. The Morgan fingerprint density at radius 2 is 1.81 bits per heavy atom. The van der Waals surface area contributed by atoms with E-state index >= 15 is 0 Å². The van der Waals surface area contributed by atoms with Gasteiger partial charge in [0.25, 0.3) is 0 Å². The maximum atomic E-state index is 12.9. The summed E-state index contributed by atoms with van der Waals surface area (Å²) in [5, 5.41) is 17.5. The zero-order valence-electron chi connectivity index (χ0n) is 18.5. The molecule has 3 N–H and O–H groups in total. The van der Waals surface area contributed by atoms with Crippen molar-refractivity contribution < 1.29 is 14.7 Å². The lowest BCUT2D eigenvalue weighted by atomic mass is 9.95. The van der Waals surface area contributed by atoms with Gasteiger partial charge in [0.05, 0.1) is 22.2 Å². The second-order valence-electron chi connectivity index (χ2n) is 9.08. The summed E-state index contributed by atoms with van der Waals surface area (Å²) in [5.74, 6) is -0.0181. The third-order valence-electron chi connectivity index (χ3n) is 5.55. The fraction of sp³-hybridized carbons (Fsp3) is 0.417. The Labute approximate surface area is 198 Å². The van der Waals surface area contributed by atoms with Crippen molar-refractivity contribution >= 4 is 40.8 Å². The van der Waals surface area contributed by atoms with Gasteiger partial charge in [-0.2, -0.15) is 0 Å². The molecule has 1 aliphatic rings. The molecule has 6 nitrogen and oxygen atoms in total. The number of nitrogens with one attached hydrogen (secondary N) is 2. The summed E-state index contributed by atoms with van der Waals surface area (Å²) in [7, 11) is 0. The van der Waals surface area contributed by atoms with Crippen LogP contribution in [-0.4, -0.2) is 34.5 Å². The molecule has 0 spiro atoms. The number of benzene rings is 2. The summed E-state index contributed by atoms with van der Waals surface area (Å²) in [4.78, 5) is 26.6. The number of anilines is 1. The van der Waals surface area contributed by atoms with Crippen LogP contribution in [0.25, 0.3) is 0 Å². The Balaban J connectivity index is 1.60. The van der Waals surface area contributed by atoms with Crippen molar-refractivity contribution in [3.63, 3.8) is 0 Å². The molecule has 1 heterocycles. The van der Waals surface area contributed by atoms with E-state index in [9.17, 15) is 14.7 Å². The van der Waals surface area contributed by atoms with Crippen LogP contribution in [0.2, 0.25) is 10.0 Å². The molecule has 0 radical (unpaired) electrons. The fourth-order valence-electron chi connectivity index (χ4n) is 3.64. The molecule has 8 heteroatoms. The number of urea groups is 1. The van der Waals surface area contributed by atoms with Crippen LogP contribution in [0.15, 0.2) is 42.5 Å². The van der Waals surface area contributed by atoms with Crippen molar-refractivity contribution in [2.24, 2.45) is 5.41 Å². The minimum Gasteiger partial charge on any atom is -0.386 e. The Bertz CT molecular complexity index is 973. The highest BCUT2D eigenvalue weighted by Crippen LogP contribution is 2.33. The zero-order valence-corrected chi connectivity index (χ0v) is 20.0. The Hall–Kier alpha value is -2.28. The molecule has 2 aromatic carbocycles. The molecule has 0 aliphatic carbocycles. The first kappa shape index (κ1) is 24.4. The van der Waals surface area contributed by atoms with Crippen LogP contribution in [0, 0.1) is 5.41 Å². The number of nitrogens with zero attached hydrogens (tertiary/aromatic N) is 1. The molecule has 32 heavy (non-hydrogen) atoms. The lowest BCUT2D eigenvalue weighted by Crippen LogP contribution is -2.41. The molecular weight excluding hydrogens is 449 g/mol. The van der Waals surface area contributed by atoms with E-state index in [1.54, 1.807) is 35.2 Å². The molecule has 0 aromatic heterocycles. The van der Waals surface area contributed by atoms with E-state index in [2.05, 4.69) is 10.6 Å². The summed E-state index contributed by atoms with van der Waals surface area (Å²) in [6, 6.07) is 11.7. The van der Waals surface area contributed by atoms with Gasteiger partial charge in [-0.15, -0.1) is 0 Å². The second-order valence-corrected chi connectivity index (χ2v) is 9.90. The van der Waals surface area contributed by atoms with Crippen molar-refractivity contribution in [2.75, 3.05) is 11.9 Å². The molecule has 0 saturated carbocycles. The quantitative estimate of drug-likeness (QED) is 0.539. The summed E-state index contributed by atoms with van der Waals surface area (Å²) in [6.45, 7) is 6.58. The van der Waals surface area contributed by atoms with Crippen molar-refractivity contribution in [2.45, 2.75) is 52.3 Å². The van der Waals surface area contributed by atoms with E-state index in [1.807, 2.05) is 32.9 Å². The van der Waals surface area contributed by atoms with Gasteiger partial charge in [0.2, 0.25) is 5.91 Å². The Morgan fingerprint density at radius 3 is 2.44 bits per heavy atom. The predicted molar refractivity (Wildman–Crippen MR) is 128 cm³/mol. The highest BCUT2D eigenvalue weighted by Gasteiger charge is 2.35. The number of carbonyl (C=O) groups excluding carboxylic acids is 2. The van der Waals surface area contributed by atoms with Crippen LogP contribution in [0.3, 0.4) is 0 Å². The zero-order chi connectivity index (χ0) is 23.5. The number of amides is 3. The van der Waals surface area contributed by atoms with Gasteiger partial charge in [-0.1, -0.05) is 62.2 Å². The van der Waals surface area contributed by atoms with Gasteiger partial charge in [0, 0.05) is 24.2 Å². The predicted octanol–water partition coefficient (Wildman–Crippen LogP) is 5.39. The molecule has 2 aromatic rings. The van der Waals surface area contributed by atoms with Gasteiger partial charge in [0.15, 0.2) is 0 Å². The minimum absolute atomic E-state index is 0.0181. The largest absolute Gasteiger partial charge is 0.386 e. The summed E-state index contributed by atoms with van der Waals surface area (Å²) < 4.78 is 0. The number of halogens is 2. The van der Waals surface area contributed by atoms with Gasteiger partial charge in [0.1, 0.15) is 0 Å². The van der Waals surface area contributed by atoms with E-state index in [-0.39, 0.29) is 18.0 Å². The van der Waals surface area contributed by atoms with E-state index in [0.717, 1.165) is 12.0 Å². The summed E-state index contributed by atoms with van der Waals surface area (Å²) in [6.07, 6.45) is 0.649. The number of rotatable bonds is 5. The van der Waals surface area contributed by atoms with Crippen LogP contribution in [0.4, 0.5) is 10.5 Å². The lowest BCUT2D eigenvalue weighted by Gasteiger charge is -2.29. The van der Waals surface area contributed by atoms with Gasteiger partial charge in [-0.25, -0.2) is 4.79 Å². The SMILES string of the molecule is CC(C)(C)C(=O)NCc1ccc(NC(=O)N2CCC[C@H]2[C@H](O)c2ccc(Cl)c(Cl)c2)cc1. The topological polar surface area (TPSA) is 81.7 Å². The molecule has 1 saturated heterocycles. The van der Waals surface area contributed by atoms with Crippen molar-refractivity contribution in [3.8, 4) is 0 Å². The van der Waals surface area contributed by atoms with Gasteiger partial charge in [-0.3, -0.25) is 4.79 Å². The average molecular weight is 478 g/mol. The molecule has 3 amide bonds. The molecular formula is C24H29Cl2N3O3. The van der Waals surface area contributed by atoms with E-state index in [0.29, 0.717) is 40.8 Å². The first-order valence-corrected chi connectivity index (χ1v) is 11.4. The summed E-state index contributed by atoms with van der Waals surface area (Å²) >= 11 is 12.1. The molecule has 2 atom stereocenters. The highest BCUT2D eigenvalue weighted by molar-refractivity contribution is 6.42. The van der Waals surface area contributed by atoms with E-state index in [1.165, 1.54) is 0 Å². The standard InChI is InChI=1S/C24H29Cl2N3O3/c1-24(2,3)22(31)27-14-15-6-9-17(10-7-15)28-23(32)29-12-4-5-20(29)21(30)16-8-11-18(25)19(26)13-16/h6-11,13,20-21,30H,4-5,12,14H2,1-3H3,(H,27,31)(H,28,32)/t20-,21+/m0/s1. The van der Waals surface area contributed by atoms with Crippen LogP contribution >= 0.6 is 23.2 Å². The molecule has 1 aliphatic heterocycles. The third-order valence-corrected chi connectivity index (χ3v) is 6.29. The Kier molecular flexibility index (Phi) is 7.70. The molecule has 0 bridgehead atoms. The molecule has 172 valence electrons. The van der Waals surface area contributed by atoms with Gasteiger partial charge < -0.3 is 20.6 Å². The first-order chi connectivity index (χ1) is 15.1. The molecule has 3 rings (SSSR count). The lowest BCUT2D eigenvalue weighted by molar-refractivity contribution is -0.128. The smallest absolute Gasteiger partial charge is 0.322 e. The van der Waals surface area contributed by atoms with Crippen LogP contribution in [0.1, 0.15) is 50.8 Å².